The van der Waals surface area contributed by atoms with Crippen molar-refractivity contribution < 1.29 is 20.4 Å². The molecule has 0 aromatic carbocycles. The highest BCUT2D eigenvalue weighted by Crippen LogP contribution is 2.15. The molecule has 0 saturated heterocycles. The average Bonchev–Trinajstić information content (AvgIpc) is 2.23. The van der Waals surface area contributed by atoms with Crippen LogP contribution in [0.5, 0.6) is 0 Å². The molecule has 0 fully saturated rings. The van der Waals surface area contributed by atoms with Crippen molar-refractivity contribution >= 4 is 0 Å². The summed E-state index contributed by atoms with van der Waals surface area (Å²) >= 11 is 0. The minimum absolute atomic E-state index is 0.319. The second-order valence-electron chi connectivity index (χ2n) is 5.31. The van der Waals surface area contributed by atoms with Crippen molar-refractivity contribution in [3.63, 3.8) is 0 Å². The quantitative estimate of drug-likeness (QED) is 0.409. The van der Waals surface area contributed by atoms with E-state index in [1.54, 1.807) is 20.8 Å². The summed E-state index contributed by atoms with van der Waals surface area (Å²) in [5, 5.41) is 33.7. The molecular weight excluding hydrogens is 220 g/mol. The lowest BCUT2D eigenvalue weighted by Crippen LogP contribution is -2.24. The Morgan fingerprint density at radius 3 is 1.12 bits per heavy atom. The third kappa shape index (κ3) is 18.4. The number of hydrogen-bond acceptors (Lipinski definition) is 4. The molecule has 0 atom stereocenters. The van der Waals surface area contributed by atoms with Gasteiger partial charge in [-0.1, -0.05) is 46.5 Å². The highest BCUT2D eigenvalue weighted by atomic mass is 16.5. The lowest BCUT2D eigenvalue weighted by Gasteiger charge is -2.19. The zero-order valence-corrected chi connectivity index (χ0v) is 11.5. The Morgan fingerprint density at radius 1 is 0.706 bits per heavy atom. The first-order valence-corrected chi connectivity index (χ1v) is 6.44. The standard InChI is InChI=1S/C8H18O2.C5H12O2/c9-7-5-3-1-2-4-6-8-10;1-5(2,3)4(6)7/h9-10H,1-8H2;4,6-7H,1-3H3. The molecule has 4 N–H and O–H groups in total. The number of aliphatic hydroxyl groups is 4. The summed E-state index contributed by atoms with van der Waals surface area (Å²) in [4.78, 5) is 0. The molecule has 0 heterocycles. The van der Waals surface area contributed by atoms with Crippen LogP contribution in [0.25, 0.3) is 0 Å². The van der Waals surface area contributed by atoms with Crippen molar-refractivity contribution in [1.82, 2.24) is 0 Å². The van der Waals surface area contributed by atoms with Gasteiger partial charge in [-0.3, -0.25) is 0 Å². The van der Waals surface area contributed by atoms with Crippen LogP contribution in [0, 0.1) is 5.41 Å². The predicted molar refractivity (Wildman–Crippen MR) is 69.6 cm³/mol. The van der Waals surface area contributed by atoms with Gasteiger partial charge in [0.25, 0.3) is 0 Å². The fourth-order valence-corrected chi connectivity index (χ4v) is 0.931. The molecule has 0 rings (SSSR count). The molecule has 0 aliphatic carbocycles. The Hall–Kier alpha value is -0.160. The Morgan fingerprint density at radius 2 is 0.941 bits per heavy atom. The zero-order chi connectivity index (χ0) is 13.7. The second-order valence-corrected chi connectivity index (χ2v) is 5.31. The normalized spacial score (nSPS) is 11.3. The lowest BCUT2D eigenvalue weighted by molar-refractivity contribution is -0.113. The van der Waals surface area contributed by atoms with Gasteiger partial charge in [-0.2, -0.15) is 0 Å². The third-order valence-electron chi connectivity index (χ3n) is 2.34. The minimum Gasteiger partial charge on any atom is -0.396 e. The number of rotatable bonds is 7. The lowest BCUT2D eigenvalue weighted by atomic mass is 9.96. The van der Waals surface area contributed by atoms with E-state index in [2.05, 4.69) is 0 Å². The van der Waals surface area contributed by atoms with Gasteiger partial charge in [-0.15, -0.1) is 0 Å². The molecule has 0 amide bonds. The molecule has 0 spiro atoms. The van der Waals surface area contributed by atoms with Crippen LogP contribution in [0.4, 0.5) is 0 Å². The Labute approximate surface area is 105 Å². The highest BCUT2D eigenvalue weighted by molar-refractivity contribution is 4.61. The van der Waals surface area contributed by atoms with E-state index < -0.39 is 6.29 Å². The van der Waals surface area contributed by atoms with Crippen LogP contribution >= 0.6 is 0 Å². The number of aliphatic hydroxyl groups excluding tert-OH is 3. The van der Waals surface area contributed by atoms with Crippen molar-refractivity contribution in [3.8, 4) is 0 Å². The molecule has 0 aromatic rings. The first kappa shape index (κ1) is 19.2. The monoisotopic (exact) mass is 250 g/mol. The van der Waals surface area contributed by atoms with Crippen molar-refractivity contribution in [2.75, 3.05) is 13.2 Å². The van der Waals surface area contributed by atoms with Gasteiger partial charge < -0.3 is 20.4 Å². The van der Waals surface area contributed by atoms with Crippen LogP contribution in [0.1, 0.15) is 59.3 Å². The molecule has 0 aliphatic heterocycles. The van der Waals surface area contributed by atoms with Crippen molar-refractivity contribution in [3.05, 3.63) is 0 Å². The van der Waals surface area contributed by atoms with Crippen LogP contribution in [0.3, 0.4) is 0 Å². The summed E-state index contributed by atoms with van der Waals surface area (Å²) in [6.07, 6.45) is 5.30. The molecule has 106 valence electrons. The maximum absolute atomic E-state index is 8.44. The Bertz CT molecular complexity index is 133. The summed E-state index contributed by atoms with van der Waals surface area (Å²) in [6.45, 7) is 5.92. The van der Waals surface area contributed by atoms with Crippen LogP contribution in [0.15, 0.2) is 0 Å². The van der Waals surface area contributed by atoms with Crippen LogP contribution in [-0.4, -0.2) is 39.9 Å². The molecule has 0 radical (unpaired) electrons. The molecule has 4 nitrogen and oxygen atoms in total. The second kappa shape index (κ2) is 12.3. The van der Waals surface area contributed by atoms with E-state index in [4.69, 9.17) is 20.4 Å². The summed E-state index contributed by atoms with van der Waals surface area (Å²) in [5.41, 5.74) is -0.389. The average molecular weight is 250 g/mol. The topological polar surface area (TPSA) is 80.9 Å². The molecule has 4 heteroatoms. The van der Waals surface area contributed by atoms with E-state index in [1.807, 2.05) is 0 Å². The Balaban J connectivity index is 0. The van der Waals surface area contributed by atoms with Crippen molar-refractivity contribution in [1.29, 1.82) is 0 Å². The molecule has 0 unspecified atom stereocenters. The van der Waals surface area contributed by atoms with Gasteiger partial charge >= 0.3 is 0 Å². The molecule has 0 aliphatic rings. The first-order valence-electron chi connectivity index (χ1n) is 6.44. The van der Waals surface area contributed by atoms with E-state index in [1.165, 1.54) is 12.8 Å². The fraction of sp³-hybridized carbons (Fsp3) is 1.00. The van der Waals surface area contributed by atoms with E-state index in [0.29, 0.717) is 13.2 Å². The van der Waals surface area contributed by atoms with Crippen LogP contribution in [-0.2, 0) is 0 Å². The maximum Gasteiger partial charge on any atom is 0.156 e. The zero-order valence-electron chi connectivity index (χ0n) is 11.5. The fourth-order valence-electron chi connectivity index (χ4n) is 0.931. The number of hydrogen-bond donors (Lipinski definition) is 4. The van der Waals surface area contributed by atoms with E-state index in [0.717, 1.165) is 25.7 Å². The van der Waals surface area contributed by atoms with E-state index in [-0.39, 0.29) is 5.41 Å². The van der Waals surface area contributed by atoms with Gasteiger partial charge in [-0.25, -0.2) is 0 Å². The van der Waals surface area contributed by atoms with Crippen molar-refractivity contribution in [2.24, 2.45) is 5.41 Å². The van der Waals surface area contributed by atoms with E-state index in [9.17, 15) is 0 Å². The molecule has 0 bridgehead atoms. The predicted octanol–water partition coefficient (Wildman–Crippen LogP) is 1.65. The third-order valence-corrected chi connectivity index (χ3v) is 2.34. The van der Waals surface area contributed by atoms with Gasteiger partial charge in [0.1, 0.15) is 0 Å². The summed E-state index contributed by atoms with van der Waals surface area (Å²) in [7, 11) is 0. The molecule has 17 heavy (non-hydrogen) atoms. The van der Waals surface area contributed by atoms with Crippen LogP contribution < -0.4 is 0 Å². The van der Waals surface area contributed by atoms with Gasteiger partial charge in [0.15, 0.2) is 6.29 Å². The smallest absolute Gasteiger partial charge is 0.156 e. The SMILES string of the molecule is CC(C)(C)C(O)O.OCCCCCCCCO. The van der Waals surface area contributed by atoms with Crippen molar-refractivity contribution in [2.45, 2.75) is 65.6 Å². The van der Waals surface area contributed by atoms with Gasteiger partial charge in [-0.05, 0) is 12.8 Å². The summed E-state index contributed by atoms with van der Waals surface area (Å²) < 4.78 is 0. The summed E-state index contributed by atoms with van der Waals surface area (Å²) in [6, 6.07) is 0. The largest absolute Gasteiger partial charge is 0.396 e. The van der Waals surface area contributed by atoms with Crippen LogP contribution in [0.2, 0.25) is 0 Å². The molecule has 0 aromatic heterocycles. The van der Waals surface area contributed by atoms with Gasteiger partial charge in [0, 0.05) is 18.6 Å². The van der Waals surface area contributed by atoms with Gasteiger partial charge in [0.05, 0.1) is 0 Å². The van der Waals surface area contributed by atoms with Gasteiger partial charge in [0.2, 0.25) is 0 Å². The molecular formula is C13H30O4. The molecule has 0 saturated carbocycles. The Kier molecular flexibility index (Phi) is 13.9. The first-order chi connectivity index (χ1) is 7.86. The summed E-state index contributed by atoms with van der Waals surface area (Å²) in [5.74, 6) is 0. The highest BCUT2D eigenvalue weighted by Gasteiger charge is 2.18. The maximum atomic E-state index is 8.44. The van der Waals surface area contributed by atoms with E-state index >= 15 is 0 Å². The number of unbranched alkanes of at least 4 members (excludes halogenated alkanes) is 5. The minimum atomic E-state index is -1.20.